The van der Waals surface area contributed by atoms with E-state index in [4.69, 9.17) is 9.84 Å². The van der Waals surface area contributed by atoms with E-state index in [1.54, 1.807) is 0 Å². The highest BCUT2D eigenvalue weighted by Crippen LogP contribution is 2.16. The fourth-order valence-corrected chi connectivity index (χ4v) is 2.10. The normalized spacial score (nSPS) is 9.81. The summed E-state index contributed by atoms with van der Waals surface area (Å²) in [5, 5.41) is 8.79. The van der Waals surface area contributed by atoms with E-state index >= 15 is 0 Å². The monoisotopic (exact) mass is 280 g/mol. The molecule has 0 aromatic heterocycles. The first kappa shape index (κ1) is 15.2. The van der Waals surface area contributed by atoms with Crippen LogP contribution in [0.1, 0.15) is 30.0 Å². The van der Waals surface area contributed by atoms with Gasteiger partial charge in [-0.2, -0.15) is 0 Å². The number of hydrogen-bond acceptors (Lipinski definition) is 2. The predicted octanol–water partition coefficient (Wildman–Crippen LogP) is 3.56. The largest absolute Gasteiger partial charge is 0.489 e. The van der Waals surface area contributed by atoms with Crippen LogP contribution >= 0.6 is 0 Å². The third kappa shape index (κ3) is 4.66. The first-order valence-electron chi connectivity index (χ1n) is 7.23. The van der Waals surface area contributed by atoms with Gasteiger partial charge in [-0.15, -0.1) is 0 Å². The Hall–Kier alpha value is -2.24. The van der Waals surface area contributed by atoms with Crippen molar-refractivity contribution >= 4 is 0 Å². The molecule has 0 aliphatic rings. The van der Waals surface area contributed by atoms with Gasteiger partial charge in [-0.3, -0.25) is 0 Å². The lowest BCUT2D eigenvalue weighted by atomic mass is 10.1. The van der Waals surface area contributed by atoms with Crippen LogP contribution in [-0.4, -0.2) is 11.7 Å². The van der Waals surface area contributed by atoms with Gasteiger partial charge in [0.25, 0.3) is 0 Å². The van der Waals surface area contributed by atoms with Crippen LogP contribution in [0, 0.1) is 11.8 Å². The third-order valence-electron chi connectivity index (χ3n) is 3.18. The summed E-state index contributed by atoms with van der Waals surface area (Å²) < 4.78 is 5.82. The van der Waals surface area contributed by atoms with Crippen LogP contribution in [0.3, 0.4) is 0 Å². The van der Waals surface area contributed by atoms with Crippen LogP contribution in [0.4, 0.5) is 0 Å². The van der Waals surface area contributed by atoms with Gasteiger partial charge in [-0.05, 0) is 30.2 Å². The Balaban J connectivity index is 2.02. The molecule has 0 radical (unpaired) electrons. The molecule has 1 N–H and O–H groups in total. The van der Waals surface area contributed by atoms with Crippen LogP contribution < -0.4 is 4.74 Å². The maximum atomic E-state index is 8.79. The summed E-state index contributed by atoms with van der Waals surface area (Å²) in [7, 11) is 0. The van der Waals surface area contributed by atoms with Gasteiger partial charge in [0.15, 0.2) is 0 Å². The average molecular weight is 280 g/mol. The van der Waals surface area contributed by atoms with Crippen molar-refractivity contribution in [1.82, 2.24) is 0 Å². The average Bonchev–Trinajstić information content (AvgIpc) is 2.53. The Labute approximate surface area is 126 Å². The van der Waals surface area contributed by atoms with E-state index in [0.717, 1.165) is 29.7 Å². The van der Waals surface area contributed by atoms with Crippen molar-refractivity contribution in [2.45, 2.75) is 26.4 Å². The zero-order chi connectivity index (χ0) is 14.9. The lowest BCUT2D eigenvalue weighted by Gasteiger charge is -2.08. The van der Waals surface area contributed by atoms with Gasteiger partial charge in [-0.25, -0.2) is 0 Å². The summed E-state index contributed by atoms with van der Waals surface area (Å²) >= 11 is 0. The molecule has 2 nitrogen and oxygen atoms in total. The molecule has 2 heteroatoms. The van der Waals surface area contributed by atoms with Gasteiger partial charge in [0, 0.05) is 11.1 Å². The number of aliphatic hydroxyl groups excluding tert-OH is 1. The molecule has 0 saturated carbocycles. The second kappa shape index (κ2) is 8.14. The summed E-state index contributed by atoms with van der Waals surface area (Å²) in [6, 6.07) is 16.1. The van der Waals surface area contributed by atoms with Crippen LogP contribution in [0.25, 0.3) is 0 Å². The summed E-state index contributed by atoms with van der Waals surface area (Å²) in [5.74, 6) is 6.48. The molecule has 0 heterocycles. The number of benzene rings is 2. The van der Waals surface area contributed by atoms with E-state index in [-0.39, 0.29) is 6.61 Å². The topological polar surface area (TPSA) is 29.5 Å². The molecule has 0 atom stereocenters. The van der Waals surface area contributed by atoms with Gasteiger partial charge in [0.2, 0.25) is 0 Å². The fraction of sp³-hybridized carbons (Fsp3) is 0.263. The van der Waals surface area contributed by atoms with Crippen LogP contribution in [0.5, 0.6) is 5.75 Å². The van der Waals surface area contributed by atoms with Gasteiger partial charge < -0.3 is 9.84 Å². The number of hydrogen-bond donors (Lipinski definition) is 1. The second-order valence-corrected chi connectivity index (χ2v) is 4.80. The van der Waals surface area contributed by atoms with Crippen molar-refractivity contribution in [3.8, 4) is 17.6 Å². The Bertz CT molecular complexity index is 618. The van der Waals surface area contributed by atoms with Crippen molar-refractivity contribution in [2.75, 3.05) is 6.61 Å². The molecule has 2 rings (SSSR count). The molecule has 0 unspecified atom stereocenters. The van der Waals surface area contributed by atoms with E-state index < -0.39 is 0 Å². The highest BCUT2D eigenvalue weighted by molar-refractivity contribution is 5.41. The van der Waals surface area contributed by atoms with E-state index in [0.29, 0.717) is 6.61 Å². The number of ether oxygens (including phenoxy) is 1. The molecule has 0 aliphatic heterocycles. The molecule has 2 aromatic carbocycles. The summed E-state index contributed by atoms with van der Waals surface area (Å²) in [6.07, 6.45) is 2.25. The third-order valence-corrected chi connectivity index (χ3v) is 3.18. The molecule has 0 fully saturated rings. The Morgan fingerprint density at radius 2 is 1.81 bits per heavy atom. The van der Waals surface area contributed by atoms with Crippen LogP contribution in [0.15, 0.2) is 48.5 Å². The minimum Gasteiger partial charge on any atom is -0.489 e. The lowest BCUT2D eigenvalue weighted by molar-refractivity contribution is 0.306. The Morgan fingerprint density at radius 1 is 1.05 bits per heavy atom. The van der Waals surface area contributed by atoms with E-state index in [1.165, 1.54) is 5.56 Å². The summed E-state index contributed by atoms with van der Waals surface area (Å²) in [5.41, 5.74) is 3.25. The molecule has 2 aromatic rings. The Kier molecular flexibility index (Phi) is 5.87. The van der Waals surface area contributed by atoms with Crippen molar-refractivity contribution in [3.63, 3.8) is 0 Å². The summed E-state index contributed by atoms with van der Waals surface area (Å²) in [4.78, 5) is 0. The molecule has 21 heavy (non-hydrogen) atoms. The molecular formula is C19H20O2. The van der Waals surface area contributed by atoms with Crippen molar-refractivity contribution < 1.29 is 9.84 Å². The highest BCUT2D eigenvalue weighted by atomic mass is 16.5. The molecule has 0 bridgehead atoms. The quantitative estimate of drug-likeness (QED) is 0.849. The lowest BCUT2D eigenvalue weighted by Crippen LogP contribution is -1.98. The van der Waals surface area contributed by atoms with Gasteiger partial charge in [0.1, 0.15) is 19.0 Å². The molecule has 0 saturated heterocycles. The number of aryl methyl sites for hydroxylation is 1. The predicted molar refractivity (Wildman–Crippen MR) is 85.2 cm³/mol. The van der Waals surface area contributed by atoms with Gasteiger partial charge in [-0.1, -0.05) is 55.5 Å². The molecule has 0 aliphatic carbocycles. The van der Waals surface area contributed by atoms with Crippen LogP contribution in [-0.2, 0) is 13.0 Å². The van der Waals surface area contributed by atoms with Gasteiger partial charge in [0.05, 0.1) is 0 Å². The highest BCUT2D eigenvalue weighted by Gasteiger charge is 2.01. The van der Waals surface area contributed by atoms with Crippen molar-refractivity contribution in [2.24, 2.45) is 0 Å². The van der Waals surface area contributed by atoms with E-state index in [9.17, 15) is 0 Å². The second-order valence-electron chi connectivity index (χ2n) is 4.80. The minimum atomic E-state index is -0.131. The maximum absolute atomic E-state index is 8.79. The Morgan fingerprint density at radius 3 is 2.52 bits per heavy atom. The maximum Gasteiger partial charge on any atom is 0.119 e. The zero-order valence-corrected chi connectivity index (χ0v) is 12.3. The van der Waals surface area contributed by atoms with E-state index in [1.807, 2.05) is 36.4 Å². The molecule has 0 spiro atoms. The minimum absolute atomic E-state index is 0.131. The smallest absolute Gasteiger partial charge is 0.119 e. The number of aliphatic hydroxyl groups is 1. The molecule has 108 valence electrons. The van der Waals surface area contributed by atoms with Crippen LogP contribution in [0.2, 0.25) is 0 Å². The van der Waals surface area contributed by atoms with Crippen molar-refractivity contribution in [1.29, 1.82) is 0 Å². The van der Waals surface area contributed by atoms with E-state index in [2.05, 4.69) is 30.9 Å². The first-order chi connectivity index (χ1) is 10.3. The zero-order valence-electron chi connectivity index (χ0n) is 12.3. The number of rotatable bonds is 5. The van der Waals surface area contributed by atoms with Crippen molar-refractivity contribution in [3.05, 3.63) is 65.2 Å². The first-order valence-corrected chi connectivity index (χ1v) is 7.23. The SMILES string of the molecule is CCCc1ccc(OCc2ccccc2C#CCO)cc1. The summed E-state index contributed by atoms with van der Waals surface area (Å²) in [6.45, 7) is 2.52. The standard InChI is InChI=1S/C19H20O2/c1-2-6-16-10-12-19(13-11-16)21-15-18-8-4-3-7-17(18)9-5-14-20/h3-4,7-8,10-13,20H,2,6,14-15H2,1H3. The fourth-order valence-electron chi connectivity index (χ4n) is 2.10. The van der Waals surface area contributed by atoms with Gasteiger partial charge >= 0.3 is 0 Å². The molecule has 0 amide bonds. The molecular weight excluding hydrogens is 260 g/mol.